The molecule has 0 radical (unpaired) electrons. The molecule has 4 aromatic rings. The van der Waals surface area contributed by atoms with E-state index in [2.05, 4.69) is 15.2 Å². The fourth-order valence-corrected chi connectivity index (χ4v) is 3.24. The van der Waals surface area contributed by atoms with Crippen molar-refractivity contribution in [3.05, 3.63) is 59.1 Å². The molecule has 146 valence electrons. The van der Waals surface area contributed by atoms with Crippen LogP contribution in [-0.2, 0) is 0 Å². The number of aromatic amines is 1. The van der Waals surface area contributed by atoms with Crippen LogP contribution in [-0.4, -0.2) is 38.0 Å². The summed E-state index contributed by atoms with van der Waals surface area (Å²) in [5, 5.41) is 27.8. The Kier molecular flexibility index (Phi) is 4.82. The lowest BCUT2D eigenvalue weighted by molar-refractivity contribution is 0.0699. The molecule has 0 saturated carbocycles. The third-order valence-electron chi connectivity index (χ3n) is 4.44. The molecule has 0 aliphatic rings. The van der Waals surface area contributed by atoms with Crippen molar-refractivity contribution >= 4 is 28.6 Å². The quantitative estimate of drug-likeness (QED) is 0.439. The lowest BCUT2D eigenvalue weighted by Crippen LogP contribution is -2.00. The van der Waals surface area contributed by atoms with E-state index in [4.69, 9.17) is 16.3 Å². The summed E-state index contributed by atoms with van der Waals surface area (Å²) in [6.07, 6.45) is 0. The van der Waals surface area contributed by atoms with E-state index in [-0.39, 0.29) is 17.0 Å². The number of hydrogen-bond donors (Lipinski definition) is 3. The summed E-state index contributed by atoms with van der Waals surface area (Å²) in [6.45, 7) is 2.19. The normalized spacial score (nSPS) is 11.0. The summed E-state index contributed by atoms with van der Waals surface area (Å²) < 4.78 is 5.41. The maximum Gasteiger partial charge on any atom is 0.336 e. The molecule has 0 amide bonds. The summed E-state index contributed by atoms with van der Waals surface area (Å²) in [5.74, 6) is -0.799. The number of carboxylic acids is 1. The first-order valence-corrected chi connectivity index (χ1v) is 9.20. The highest BCUT2D eigenvalue weighted by molar-refractivity contribution is 6.30. The number of H-pyrrole nitrogens is 1. The van der Waals surface area contributed by atoms with E-state index in [1.54, 1.807) is 43.3 Å². The molecular formula is C21H16ClN3O4. The van der Waals surface area contributed by atoms with Gasteiger partial charge in [-0.2, -0.15) is 5.10 Å². The highest BCUT2D eigenvalue weighted by Crippen LogP contribution is 2.35. The van der Waals surface area contributed by atoms with Crippen LogP contribution in [0.3, 0.4) is 0 Å². The lowest BCUT2D eigenvalue weighted by atomic mass is 10.0. The van der Waals surface area contributed by atoms with Crippen molar-refractivity contribution in [2.45, 2.75) is 6.92 Å². The Labute approximate surface area is 170 Å². The number of aromatic nitrogens is 3. The van der Waals surface area contributed by atoms with Crippen molar-refractivity contribution < 1.29 is 19.7 Å². The topological polar surface area (TPSA) is 108 Å². The number of carboxylic acid groups (broad SMARTS) is 1. The number of pyridine rings is 1. The Morgan fingerprint density at radius 1 is 1.14 bits per heavy atom. The largest absolute Gasteiger partial charge is 0.504 e. The highest BCUT2D eigenvalue weighted by Gasteiger charge is 2.20. The molecule has 2 heterocycles. The van der Waals surface area contributed by atoms with Gasteiger partial charge in [0.1, 0.15) is 0 Å². The third kappa shape index (κ3) is 3.48. The smallest absolute Gasteiger partial charge is 0.336 e. The molecule has 0 spiro atoms. The summed E-state index contributed by atoms with van der Waals surface area (Å²) in [7, 11) is 0. The van der Waals surface area contributed by atoms with E-state index >= 15 is 0 Å². The summed E-state index contributed by atoms with van der Waals surface area (Å²) in [4.78, 5) is 16.5. The summed E-state index contributed by atoms with van der Waals surface area (Å²) >= 11 is 5.95. The number of hydrogen-bond acceptors (Lipinski definition) is 5. The van der Waals surface area contributed by atoms with E-state index in [9.17, 15) is 15.0 Å². The second kappa shape index (κ2) is 7.44. The van der Waals surface area contributed by atoms with E-state index < -0.39 is 5.97 Å². The zero-order valence-corrected chi connectivity index (χ0v) is 16.1. The molecule has 0 fully saturated rings. The number of aromatic hydroxyl groups is 1. The van der Waals surface area contributed by atoms with Crippen LogP contribution in [0.4, 0.5) is 0 Å². The van der Waals surface area contributed by atoms with Gasteiger partial charge in [-0.15, -0.1) is 0 Å². The zero-order valence-electron chi connectivity index (χ0n) is 15.3. The van der Waals surface area contributed by atoms with Crippen molar-refractivity contribution in [3.8, 4) is 34.0 Å². The van der Waals surface area contributed by atoms with Gasteiger partial charge in [-0.05, 0) is 43.3 Å². The van der Waals surface area contributed by atoms with Crippen molar-refractivity contribution in [1.82, 2.24) is 15.2 Å². The molecule has 3 N–H and O–H groups in total. The van der Waals surface area contributed by atoms with Gasteiger partial charge in [0.05, 0.1) is 28.9 Å². The summed E-state index contributed by atoms with van der Waals surface area (Å²) in [5.41, 5.74) is 2.65. The van der Waals surface area contributed by atoms with Gasteiger partial charge in [0.2, 0.25) is 0 Å². The molecule has 0 atom stereocenters. The number of phenolic OH excluding ortho intramolecular Hbond substituents is 1. The number of rotatable bonds is 5. The fourth-order valence-electron chi connectivity index (χ4n) is 3.11. The van der Waals surface area contributed by atoms with Crippen molar-refractivity contribution in [3.63, 3.8) is 0 Å². The fraction of sp³-hybridized carbons (Fsp3) is 0.0952. The SMILES string of the molecule is CCOc1cc(-c2cc(C(=O)O)c3c(-c4ccc(Cl)cc4)[nH]nc3n2)ccc1O. The monoisotopic (exact) mass is 409 g/mol. The first-order chi connectivity index (χ1) is 14.0. The molecule has 8 heteroatoms. The minimum Gasteiger partial charge on any atom is -0.504 e. The minimum atomic E-state index is -1.10. The maximum absolute atomic E-state index is 12.0. The van der Waals surface area contributed by atoms with Gasteiger partial charge in [-0.1, -0.05) is 23.7 Å². The average molecular weight is 410 g/mol. The summed E-state index contributed by atoms with van der Waals surface area (Å²) in [6, 6.07) is 13.2. The second-order valence-electron chi connectivity index (χ2n) is 6.28. The number of halogens is 1. The van der Waals surface area contributed by atoms with Crippen molar-refractivity contribution in [1.29, 1.82) is 0 Å². The Hall–Kier alpha value is -3.58. The van der Waals surface area contributed by atoms with Crippen molar-refractivity contribution in [2.75, 3.05) is 6.61 Å². The van der Waals surface area contributed by atoms with Gasteiger partial charge in [-0.3, -0.25) is 5.10 Å². The van der Waals surface area contributed by atoms with Crippen LogP contribution >= 0.6 is 11.6 Å². The molecule has 0 bridgehead atoms. The van der Waals surface area contributed by atoms with Gasteiger partial charge >= 0.3 is 5.97 Å². The number of nitrogens with one attached hydrogen (secondary N) is 1. The number of phenols is 1. The Bertz CT molecular complexity index is 1220. The molecule has 0 aliphatic heterocycles. The predicted octanol–water partition coefficient (Wildman–Crippen LogP) is 4.75. The van der Waals surface area contributed by atoms with E-state index in [0.717, 1.165) is 5.56 Å². The van der Waals surface area contributed by atoms with Crippen LogP contribution in [0.15, 0.2) is 48.5 Å². The van der Waals surface area contributed by atoms with Gasteiger partial charge in [0, 0.05) is 16.1 Å². The number of nitrogens with zero attached hydrogens (tertiary/aromatic N) is 2. The second-order valence-corrected chi connectivity index (χ2v) is 6.72. The predicted molar refractivity (Wildman–Crippen MR) is 110 cm³/mol. The van der Waals surface area contributed by atoms with E-state index in [1.165, 1.54) is 12.1 Å². The molecule has 2 aromatic carbocycles. The minimum absolute atomic E-state index is 0.0000646. The number of ether oxygens (including phenoxy) is 1. The molecule has 29 heavy (non-hydrogen) atoms. The Morgan fingerprint density at radius 3 is 2.55 bits per heavy atom. The molecule has 0 unspecified atom stereocenters. The molecule has 2 aromatic heterocycles. The third-order valence-corrected chi connectivity index (χ3v) is 4.69. The van der Waals surface area contributed by atoms with Gasteiger partial charge in [0.15, 0.2) is 17.1 Å². The van der Waals surface area contributed by atoms with Crippen LogP contribution in [0.25, 0.3) is 33.5 Å². The van der Waals surface area contributed by atoms with Crippen LogP contribution in [0.2, 0.25) is 5.02 Å². The first-order valence-electron chi connectivity index (χ1n) is 8.82. The average Bonchev–Trinajstić information content (AvgIpc) is 3.13. The lowest BCUT2D eigenvalue weighted by Gasteiger charge is -2.09. The molecule has 4 rings (SSSR count). The number of fused-ring (bicyclic) bond motifs is 1. The van der Waals surface area contributed by atoms with Crippen LogP contribution in [0, 0.1) is 0 Å². The number of aromatic carboxylic acids is 1. The number of carbonyl (C=O) groups is 1. The standard InChI is InChI=1S/C21H16ClN3O4/c1-2-29-17-9-12(5-8-16(17)26)15-10-14(21(27)28)18-19(24-25-20(18)23-15)11-3-6-13(22)7-4-11/h3-10,26H,2H2,1H3,(H,27,28)(H,23,24,25). The zero-order chi connectivity index (χ0) is 20.5. The van der Waals surface area contributed by atoms with Gasteiger partial charge in [0.25, 0.3) is 0 Å². The molecule has 0 aliphatic carbocycles. The maximum atomic E-state index is 12.0. The highest BCUT2D eigenvalue weighted by atomic mass is 35.5. The van der Waals surface area contributed by atoms with E-state index in [1.807, 2.05) is 0 Å². The molecule has 0 saturated heterocycles. The van der Waals surface area contributed by atoms with Crippen LogP contribution in [0.5, 0.6) is 11.5 Å². The number of benzene rings is 2. The van der Waals surface area contributed by atoms with Crippen LogP contribution in [0.1, 0.15) is 17.3 Å². The van der Waals surface area contributed by atoms with Gasteiger partial charge in [-0.25, -0.2) is 9.78 Å². The Balaban J connectivity index is 1.90. The first kappa shape index (κ1) is 18.8. The molecule has 7 nitrogen and oxygen atoms in total. The van der Waals surface area contributed by atoms with Crippen LogP contribution < -0.4 is 4.74 Å². The Morgan fingerprint density at radius 2 is 1.86 bits per heavy atom. The van der Waals surface area contributed by atoms with E-state index in [0.29, 0.717) is 39.7 Å². The van der Waals surface area contributed by atoms with Crippen molar-refractivity contribution in [2.24, 2.45) is 0 Å². The van der Waals surface area contributed by atoms with Gasteiger partial charge < -0.3 is 14.9 Å². The molecular weight excluding hydrogens is 394 g/mol.